The van der Waals surface area contributed by atoms with Gasteiger partial charge in [0.05, 0.1) is 5.50 Å². The maximum Gasteiger partial charge on any atom is 0.159 e. The Morgan fingerprint density at radius 1 is 1.41 bits per heavy atom. The number of rotatable bonds is 4. The van der Waals surface area contributed by atoms with Crippen LogP contribution in [0.15, 0.2) is 18.5 Å². The van der Waals surface area contributed by atoms with E-state index >= 15 is 0 Å². The smallest absolute Gasteiger partial charge is 0.159 e. The van der Waals surface area contributed by atoms with Gasteiger partial charge in [-0.25, -0.2) is 0 Å². The van der Waals surface area contributed by atoms with Crippen molar-refractivity contribution in [2.45, 2.75) is 37.7 Å². The summed E-state index contributed by atoms with van der Waals surface area (Å²) in [6.07, 6.45) is 6.65. The maximum atomic E-state index is 6.37. The van der Waals surface area contributed by atoms with Crippen LogP contribution in [0.5, 0.6) is 0 Å². The molecule has 2 unspecified atom stereocenters. The number of anilines is 1. The first-order valence-corrected chi connectivity index (χ1v) is 8.41. The Kier molecular flexibility index (Phi) is 4.96. The van der Waals surface area contributed by atoms with Crippen LogP contribution in [0, 0.1) is 0 Å². The summed E-state index contributed by atoms with van der Waals surface area (Å²) in [4.78, 5) is 6.48. The third kappa shape index (κ3) is 3.26. The van der Waals surface area contributed by atoms with Crippen molar-refractivity contribution in [1.82, 2.24) is 20.1 Å². The largest absolute Gasteiger partial charge is 0.364 e. The number of pyridine rings is 1. The quantitative estimate of drug-likeness (QED) is 0.682. The van der Waals surface area contributed by atoms with Gasteiger partial charge in [-0.05, 0) is 31.9 Å². The SMILES string of the molecule is CCC(Cl)N1CCCC(Nc2nnc(Cl)c3ccncc23)C1. The second kappa shape index (κ2) is 6.94. The highest BCUT2D eigenvalue weighted by molar-refractivity contribution is 6.34. The van der Waals surface area contributed by atoms with E-state index in [-0.39, 0.29) is 5.50 Å². The van der Waals surface area contributed by atoms with Gasteiger partial charge < -0.3 is 5.32 Å². The average Bonchev–Trinajstić information content (AvgIpc) is 2.57. The summed E-state index contributed by atoms with van der Waals surface area (Å²) in [7, 11) is 0. The van der Waals surface area contributed by atoms with Crippen LogP contribution in [-0.2, 0) is 0 Å². The van der Waals surface area contributed by atoms with Crippen LogP contribution in [0.1, 0.15) is 26.2 Å². The molecule has 0 bridgehead atoms. The predicted octanol–water partition coefficient (Wildman–Crippen LogP) is 3.53. The molecule has 0 aromatic carbocycles. The van der Waals surface area contributed by atoms with E-state index in [2.05, 4.69) is 32.3 Å². The summed E-state index contributed by atoms with van der Waals surface area (Å²) >= 11 is 12.5. The van der Waals surface area contributed by atoms with Crippen LogP contribution < -0.4 is 5.32 Å². The van der Waals surface area contributed by atoms with Gasteiger partial charge in [0.1, 0.15) is 0 Å². The number of alkyl halides is 1. The van der Waals surface area contributed by atoms with Crippen molar-refractivity contribution in [1.29, 1.82) is 0 Å². The number of hydrogen-bond acceptors (Lipinski definition) is 5. The minimum Gasteiger partial charge on any atom is -0.364 e. The van der Waals surface area contributed by atoms with Crippen molar-refractivity contribution in [2.24, 2.45) is 0 Å². The van der Waals surface area contributed by atoms with Gasteiger partial charge in [0.2, 0.25) is 0 Å². The number of nitrogens with zero attached hydrogens (tertiary/aromatic N) is 4. The Balaban J connectivity index is 1.80. The number of likely N-dealkylation sites (tertiary alicyclic amines) is 1. The summed E-state index contributed by atoms with van der Waals surface area (Å²) in [5, 5.41) is 13.9. The number of piperidine rings is 1. The molecule has 1 saturated heterocycles. The molecule has 0 saturated carbocycles. The van der Waals surface area contributed by atoms with Crippen molar-refractivity contribution < 1.29 is 0 Å². The van der Waals surface area contributed by atoms with E-state index in [0.717, 1.165) is 48.9 Å². The van der Waals surface area contributed by atoms with E-state index in [4.69, 9.17) is 23.2 Å². The second-order valence-corrected chi connectivity index (χ2v) is 6.44. The average molecular weight is 340 g/mol. The van der Waals surface area contributed by atoms with Gasteiger partial charge in [0.15, 0.2) is 11.0 Å². The molecule has 3 heterocycles. The van der Waals surface area contributed by atoms with Crippen molar-refractivity contribution >= 4 is 39.8 Å². The lowest BCUT2D eigenvalue weighted by Crippen LogP contribution is -2.45. The van der Waals surface area contributed by atoms with Crippen molar-refractivity contribution in [2.75, 3.05) is 18.4 Å². The lowest BCUT2D eigenvalue weighted by Gasteiger charge is -2.35. The maximum absolute atomic E-state index is 6.37. The fourth-order valence-electron chi connectivity index (χ4n) is 2.90. The molecule has 118 valence electrons. The first kappa shape index (κ1) is 15.7. The van der Waals surface area contributed by atoms with E-state index < -0.39 is 0 Å². The van der Waals surface area contributed by atoms with Crippen LogP contribution >= 0.6 is 23.2 Å². The molecule has 2 aromatic rings. The highest BCUT2D eigenvalue weighted by Gasteiger charge is 2.24. The van der Waals surface area contributed by atoms with Crippen LogP contribution in [0.2, 0.25) is 5.15 Å². The van der Waals surface area contributed by atoms with Crippen molar-refractivity contribution in [3.05, 3.63) is 23.6 Å². The molecule has 1 fully saturated rings. The van der Waals surface area contributed by atoms with Crippen LogP contribution in [0.4, 0.5) is 5.82 Å². The fraction of sp³-hybridized carbons (Fsp3) is 0.533. The van der Waals surface area contributed by atoms with Gasteiger partial charge in [-0.2, -0.15) is 0 Å². The van der Waals surface area contributed by atoms with Gasteiger partial charge in [-0.1, -0.05) is 18.5 Å². The zero-order valence-electron chi connectivity index (χ0n) is 12.5. The number of halogens is 2. The third-order valence-corrected chi connectivity index (χ3v) is 4.93. The summed E-state index contributed by atoms with van der Waals surface area (Å²) in [6, 6.07) is 2.16. The van der Waals surface area contributed by atoms with Crippen LogP contribution in [0.3, 0.4) is 0 Å². The lowest BCUT2D eigenvalue weighted by molar-refractivity contribution is 0.195. The number of fused-ring (bicyclic) bond motifs is 1. The molecule has 0 amide bonds. The Labute approximate surface area is 140 Å². The number of aromatic nitrogens is 3. The molecule has 2 atom stereocenters. The van der Waals surface area contributed by atoms with Gasteiger partial charge in [-0.3, -0.25) is 9.88 Å². The van der Waals surface area contributed by atoms with Gasteiger partial charge in [0, 0.05) is 35.8 Å². The number of nitrogens with one attached hydrogen (secondary N) is 1. The predicted molar refractivity (Wildman–Crippen MR) is 90.5 cm³/mol. The molecule has 3 rings (SSSR count). The Hall–Kier alpha value is -1.17. The normalized spacial score (nSPS) is 21.0. The zero-order chi connectivity index (χ0) is 15.5. The Morgan fingerprint density at radius 3 is 3.09 bits per heavy atom. The molecular weight excluding hydrogens is 321 g/mol. The molecule has 0 spiro atoms. The topological polar surface area (TPSA) is 53.9 Å². The number of hydrogen-bond donors (Lipinski definition) is 1. The molecule has 5 nitrogen and oxygen atoms in total. The lowest BCUT2D eigenvalue weighted by atomic mass is 10.1. The van der Waals surface area contributed by atoms with Crippen molar-refractivity contribution in [3.63, 3.8) is 0 Å². The van der Waals surface area contributed by atoms with E-state index in [1.165, 1.54) is 0 Å². The standard InChI is InChI=1S/C15H19Cl2N5/c1-2-13(16)22-7-3-4-10(9-22)19-15-12-8-18-6-5-11(12)14(17)20-21-15/h5-6,8,10,13H,2-4,7,9H2,1H3,(H,19,21). The Bertz CT molecular complexity index is 651. The highest BCUT2D eigenvalue weighted by Crippen LogP contribution is 2.27. The van der Waals surface area contributed by atoms with E-state index in [1.807, 2.05) is 6.07 Å². The summed E-state index contributed by atoms with van der Waals surface area (Å²) < 4.78 is 0. The molecule has 22 heavy (non-hydrogen) atoms. The van der Waals surface area contributed by atoms with Gasteiger partial charge in [0.25, 0.3) is 0 Å². The molecule has 1 aliphatic heterocycles. The molecule has 7 heteroatoms. The summed E-state index contributed by atoms with van der Waals surface area (Å²) in [5.41, 5.74) is 0.0966. The summed E-state index contributed by atoms with van der Waals surface area (Å²) in [5.74, 6) is 0.738. The molecule has 0 radical (unpaired) electrons. The molecule has 0 aliphatic carbocycles. The van der Waals surface area contributed by atoms with Gasteiger partial charge >= 0.3 is 0 Å². The minimum atomic E-state index is 0.0966. The molecule has 1 aliphatic rings. The first-order chi connectivity index (χ1) is 10.7. The van der Waals surface area contributed by atoms with Crippen LogP contribution in [-0.4, -0.2) is 44.7 Å². The van der Waals surface area contributed by atoms with Crippen LogP contribution in [0.25, 0.3) is 10.8 Å². The monoisotopic (exact) mass is 339 g/mol. The van der Waals surface area contributed by atoms with Gasteiger partial charge in [-0.15, -0.1) is 21.8 Å². The van der Waals surface area contributed by atoms with Crippen molar-refractivity contribution in [3.8, 4) is 0 Å². The zero-order valence-corrected chi connectivity index (χ0v) is 14.0. The Morgan fingerprint density at radius 2 is 2.27 bits per heavy atom. The second-order valence-electron chi connectivity index (χ2n) is 5.58. The minimum absolute atomic E-state index is 0.0966. The molecule has 1 N–H and O–H groups in total. The molecular formula is C15H19Cl2N5. The first-order valence-electron chi connectivity index (χ1n) is 7.59. The molecule has 2 aromatic heterocycles. The van der Waals surface area contributed by atoms with E-state index in [0.29, 0.717) is 11.2 Å². The highest BCUT2D eigenvalue weighted by atomic mass is 35.5. The third-order valence-electron chi connectivity index (χ3n) is 4.06. The van der Waals surface area contributed by atoms with E-state index in [1.54, 1.807) is 12.4 Å². The summed E-state index contributed by atoms with van der Waals surface area (Å²) in [6.45, 7) is 4.07. The fourth-order valence-corrected chi connectivity index (χ4v) is 3.28. The van der Waals surface area contributed by atoms with E-state index in [9.17, 15) is 0 Å².